The first-order valence-corrected chi connectivity index (χ1v) is 7.08. The SMILES string of the molecule is CN(C)CCN1CCN(c2ncc(N)cc2C(=O)O)CC1. The number of hydrogen-bond donors (Lipinski definition) is 2. The Bertz CT molecular complexity index is 498. The molecule has 0 amide bonds. The van der Waals surface area contributed by atoms with Crippen LogP contribution in [-0.2, 0) is 0 Å². The molecular weight excluding hydrogens is 270 g/mol. The summed E-state index contributed by atoms with van der Waals surface area (Å²) in [6.45, 7) is 5.45. The van der Waals surface area contributed by atoms with Crippen molar-refractivity contribution >= 4 is 17.5 Å². The second kappa shape index (κ2) is 6.73. The highest BCUT2D eigenvalue weighted by Gasteiger charge is 2.22. The normalized spacial score (nSPS) is 16.4. The molecule has 1 aromatic heterocycles. The van der Waals surface area contributed by atoms with E-state index in [9.17, 15) is 9.90 Å². The van der Waals surface area contributed by atoms with Gasteiger partial charge in [-0.05, 0) is 20.2 Å². The van der Waals surface area contributed by atoms with Crippen LogP contribution in [0, 0.1) is 0 Å². The molecule has 116 valence electrons. The summed E-state index contributed by atoms with van der Waals surface area (Å²) in [4.78, 5) is 22.1. The number of carboxylic acid groups (broad SMARTS) is 1. The third-order valence-electron chi connectivity index (χ3n) is 3.65. The van der Waals surface area contributed by atoms with Crippen LogP contribution < -0.4 is 10.6 Å². The predicted molar refractivity (Wildman–Crippen MR) is 82.8 cm³/mol. The number of nitrogens with zero attached hydrogens (tertiary/aromatic N) is 4. The number of nitrogens with two attached hydrogens (primary N) is 1. The minimum atomic E-state index is -0.986. The van der Waals surface area contributed by atoms with Crippen molar-refractivity contribution in [1.29, 1.82) is 0 Å². The number of anilines is 2. The molecule has 1 aliphatic rings. The molecule has 21 heavy (non-hydrogen) atoms. The van der Waals surface area contributed by atoms with Crippen molar-refractivity contribution in [2.24, 2.45) is 0 Å². The zero-order valence-corrected chi connectivity index (χ0v) is 12.6. The maximum atomic E-state index is 11.3. The lowest BCUT2D eigenvalue weighted by Gasteiger charge is -2.36. The number of carbonyl (C=O) groups is 1. The molecule has 3 N–H and O–H groups in total. The van der Waals surface area contributed by atoms with Gasteiger partial charge in [0, 0.05) is 39.3 Å². The molecule has 0 aliphatic carbocycles. The number of nitrogen functional groups attached to an aromatic ring is 1. The van der Waals surface area contributed by atoms with Crippen molar-refractivity contribution in [3.8, 4) is 0 Å². The zero-order valence-electron chi connectivity index (χ0n) is 12.6. The summed E-state index contributed by atoms with van der Waals surface area (Å²) in [5.74, 6) is -0.469. The van der Waals surface area contributed by atoms with Gasteiger partial charge in [0.1, 0.15) is 11.4 Å². The number of likely N-dealkylation sites (N-methyl/N-ethyl adjacent to an activating group) is 1. The monoisotopic (exact) mass is 293 g/mol. The van der Waals surface area contributed by atoms with E-state index >= 15 is 0 Å². The molecule has 1 aliphatic heterocycles. The number of piperazine rings is 1. The first-order chi connectivity index (χ1) is 9.97. The Hall–Kier alpha value is -1.86. The molecule has 0 bridgehead atoms. The van der Waals surface area contributed by atoms with Gasteiger partial charge in [-0.15, -0.1) is 0 Å². The van der Waals surface area contributed by atoms with Crippen molar-refractivity contribution < 1.29 is 9.90 Å². The lowest BCUT2D eigenvalue weighted by Crippen LogP contribution is -2.48. The topological polar surface area (TPSA) is 85.9 Å². The average molecular weight is 293 g/mol. The highest BCUT2D eigenvalue weighted by molar-refractivity contribution is 5.94. The van der Waals surface area contributed by atoms with E-state index in [4.69, 9.17) is 5.73 Å². The van der Waals surface area contributed by atoms with E-state index in [0.29, 0.717) is 11.5 Å². The summed E-state index contributed by atoms with van der Waals surface area (Å²) in [7, 11) is 4.13. The van der Waals surface area contributed by atoms with E-state index in [-0.39, 0.29) is 5.56 Å². The summed E-state index contributed by atoms with van der Waals surface area (Å²) < 4.78 is 0. The first kappa shape index (κ1) is 15.5. The van der Waals surface area contributed by atoms with Crippen molar-refractivity contribution in [2.45, 2.75) is 0 Å². The molecule has 0 radical (unpaired) electrons. The molecule has 7 nitrogen and oxygen atoms in total. The summed E-state index contributed by atoms with van der Waals surface area (Å²) in [6, 6.07) is 1.48. The molecular formula is C14H23N5O2. The van der Waals surface area contributed by atoms with E-state index in [1.807, 2.05) is 4.90 Å². The van der Waals surface area contributed by atoms with Gasteiger partial charge in [-0.1, -0.05) is 0 Å². The quantitative estimate of drug-likeness (QED) is 0.793. The fourth-order valence-corrected chi connectivity index (χ4v) is 2.41. The van der Waals surface area contributed by atoms with Gasteiger partial charge in [-0.25, -0.2) is 9.78 Å². The molecule has 0 spiro atoms. The van der Waals surface area contributed by atoms with Gasteiger partial charge in [-0.2, -0.15) is 0 Å². The van der Waals surface area contributed by atoms with Crippen LogP contribution in [0.2, 0.25) is 0 Å². The number of carboxylic acids is 1. The van der Waals surface area contributed by atoms with Gasteiger partial charge in [0.25, 0.3) is 0 Å². The highest BCUT2D eigenvalue weighted by Crippen LogP contribution is 2.21. The van der Waals surface area contributed by atoms with Gasteiger partial charge in [-0.3, -0.25) is 4.90 Å². The Morgan fingerprint density at radius 1 is 1.38 bits per heavy atom. The number of aromatic nitrogens is 1. The maximum absolute atomic E-state index is 11.3. The average Bonchev–Trinajstić information content (AvgIpc) is 2.45. The van der Waals surface area contributed by atoms with Crippen molar-refractivity contribution in [2.75, 3.05) is 64.0 Å². The van der Waals surface area contributed by atoms with Crippen molar-refractivity contribution in [1.82, 2.24) is 14.8 Å². The molecule has 1 fully saturated rings. The molecule has 0 atom stereocenters. The van der Waals surface area contributed by atoms with Gasteiger partial charge in [0.05, 0.1) is 11.9 Å². The lowest BCUT2D eigenvalue weighted by atomic mass is 10.2. The van der Waals surface area contributed by atoms with Crippen LogP contribution in [0.25, 0.3) is 0 Å². The lowest BCUT2D eigenvalue weighted by molar-refractivity contribution is 0.0697. The molecule has 7 heteroatoms. The van der Waals surface area contributed by atoms with Crippen molar-refractivity contribution in [3.63, 3.8) is 0 Å². The largest absolute Gasteiger partial charge is 0.478 e. The molecule has 2 heterocycles. The van der Waals surface area contributed by atoms with Crippen LogP contribution in [-0.4, -0.2) is 79.2 Å². The Labute approximate surface area is 125 Å². The van der Waals surface area contributed by atoms with Crippen LogP contribution in [0.1, 0.15) is 10.4 Å². The zero-order chi connectivity index (χ0) is 15.4. The molecule has 1 aromatic rings. The van der Waals surface area contributed by atoms with Gasteiger partial charge in [0.15, 0.2) is 0 Å². The van der Waals surface area contributed by atoms with Gasteiger partial charge < -0.3 is 20.6 Å². The van der Waals surface area contributed by atoms with E-state index < -0.39 is 5.97 Å². The minimum Gasteiger partial charge on any atom is -0.478 e. The fourth-order valence-electron chi connectivity index (χ4n) is 2.41. The van der Waals surface area contributed by atoms with E-state index in [1.165, 1.54) is 12.3 Å². The fraction of sp³-hybridized carbons (Fsp3) is 0.571. The van der Waals surface area contributed by atoms with Gasteiger partial charge in [0.2, 0.25) is 0 Å². The van der Waals surface area contributed by atoms with Gasteiger partial charge >= 0.3 is 5.97 Å². The Morgan fingerprint density at radius 2 is 2.05 bits per heavy atom. The minimum absolute atomic E-state index is 0.178. The van der Waals surface area contributed by atoms with E-state index in [0.717, 1.165) is 39.3 Å². The second-order valence-corrected chi connectivity index (χ2v) is 5.58. The van der Waals surface area contributed by atoms with Crippen LogP contribution in [0.5, 0.6) is 0 Å². The molecule has 0 unspecified atom stereocenters. The van der Waals surface area contributed by atoms with E-state index in [2.05, 4.69) is 28.9 Å². The highest BCUT2D eigenvalue weighted by atomic mass is 16.4. The smallest absolute Gasteiger partial charge is 0.339 e. The predicted octanol–water partition coefficient (Wildman–Crippen LogP) is 0.0456. The number of pyridine rings is 1. The maximum Gasteiger partial charge on any atom is 0.339 e. The number of rotatable bonds is 5. The standard InChI is InChI=1S/C14H23N5O2/c1-17(2)3-4-18-5-7-19(8-6-18)13-12(14(20)21)9-11(15)10-16-13/h9-10H,3-8,15H2,1-2H3,(H,20,21). The summed E-state index contributed by atoms with van der Waals surface area (Å²) in [5.41, 5.74) is 6.18. The summed E-state index contributed by atoms with van der Waals surface area (Å²) in [6.07, 6.45) is 1.51. The first-order valence-electron chi connectivity index (χ1n) is 7.08. The molecule has 0 saturated carbocycles. The molecule has 0 aromatic carbocycles. The van der Waals surface area contributed by atoms with Crippen molar-refractivity contribution in [3.05, 3.63) is 17.8 Å². The Morgan fingerprint density at radius 3 is 2.62 bits per heavy atom. The summed E-state index contributed by atoms with van der Waals surface area (Å²) in [5, 5.41) is 9.28. The third-order valence-corrected chi connectivity index (χ3v) is 3.65. The Kier molecular flexibility index (Phi) is 4.98. The Balaban J connectivity index is 2.01. The molecule has 2 rings (SSSR count). The van der Waals surface area contributed by atoms with Crippen LogP contribution >= 0.6 is 0 Å². The van der Waals surface area contributed by atoms with Crippen LogP contribution in [0.3, 0.4) is 0 Å². The third kappa shape index (κ3) is 4.05. The molecule has 1 saturated heterocycles. The van der Waals surface area contributed by atoms with Crippen LogP contribution in [0.15, 0.2) is 12.3 Å². The number of hydrogen-bond acceptors (Lipinski definition) is 6. The number of aromatic carboxylic acids is 1. The van der Waals surface area contributed by atoms with Crippen LogP contribution in [0.4, 0.5) is 11.5 Å². The van der Waals surface area contributed by atoms with E-state index in [1.54, 1.807) is 0 Å². The second-order valence-electron chi connectivity index (χ2n) is 5.58. The summed E-state index contributed by atoms with van der Waals surface area (Å²) >= 11 is 0.